The molecular formula is C6H11BN2O. The van der Waals surface area contributed by atoms with Gasteiger partial charge < -0.3 is 15.8 Å². The highest BCUT2D eigenvalue weighted by molar-refractivity contribution is 6.22. The van der Waals surface area contributed by atoms with Gasteiger partial charge in [-0.1, -0.05) is 5.47 Å². The maximum atomic E-state index is 5.55. The third-order valence-corrected chi connectivity index (χ3v) is 1.42. The molecule has 0 saturated carbocycles. The van der Waals surface area contributed by atoms with Crippen molar-refractivity contribution in [1.82, 2.24) is 5.32 Å². The minimum absolute atomic E-state index is 0.619. The summed E-state index contributed by atoms with van der Waals surface area (Å²) in [6.07, 6.45) is 1.94. The number of nitrogens with two attached hydrogens (primary N) is 1. The van der Waals surface area contributed by atoms with E-state index in [2.05, 4.69) is 5.32 Å². The fourth-order valence-electron chi connectivity index (χ4n) is 0.843. The number of methoxy groups -OCH3 is 1. The van der Waals surface area contributed by atoms with Crippen molar-refractivity contribution in [3.63, 3.8) is 0 Å². The molecule has 0 atom stereocenters. The van der Waals surface area contributed by atoms with Crippen LogP contribution in [0.25, 0.3) is 0 Å². The van der Waals surface area contributed by atoms with Crippen molar-refractivity contribution in [2.75, 3.05) is 13.7 Å². The Morgan fingerprint density at radius 1 is 1.80 bits per heavy atom. The molecule has 1 rings (SSSR count). The summed E-state index contributed by atoms with van der Waals surface area (Å²) in [5.41, 5.74) is 6.78. The highest BCUT2D eigenvalue weighted by Gasteiger charge is 2.05. The molecule has 0 saturated heterocycles. The van der Waals surface area contributed by atoms with E-state index in [9.17, 15) is 0 Å². The number of nitrogens with one attached hydrogen (secondary N) is 1. The molecule has 0 amide bonds. The quantitative estimate of drug-likeness (QED) is 0.451. The first-order valence-corrected chi connectivity index (χ1v) is 3.19. The monoisotopic (exact) mass is 138 g/mol. The number of hydrogen-bond acceptors (Lipinski definition) is 3. The summed E-state index contributed by atoms with van der Waals surface area (Å²) in [7, 11) is 3.64. The smallest absolute Gasteiger partial charge is 0.157 e. The molecule has 0 radical (unpaired) electrons. The Hall–Kier alpha value is -1.06. The van der Waals surface area contributed by atoms with Crippen LogP contribution < -0.4 is 11.1 Å². The van der Waals surface area contributed by atoms with Gasteiger partial charge in [0.15, 0.2) is 5.76 Å². The Morgan fingerprint density at radius 2 is 2.50 bits per heavy atom. The molecule has 1 heterocycles. The zero-order chi connectivity index (χ0) is 7.56. The summed E-state index contributed by atoms with van der Waals surface area (Å²) in [4.78, 5) is 0. The molecule has 0 bridgehead atoms. The van der Waals surface area contributed by atoms with Crippen molar-refractivity contribution < 1.29 is 4.74 Å². The Balaban J connectivity index is 2.82. The van der Waals surface area contributed by atoms with Gasteiger partial charge in [-0.25, -0.2) is 0 Å². The van der Waals surface area contributed by atoms with Crippen molar-refractivity contribution in [3.8, 4) is 0 Å². The molecule has 0 fully saturated rings. The van der Waals surface area contributed by atoms with E-state index in [-0.39, 0.29) is 0 Å². The molecule has 3 N–H and O–H groups in total. The van der Waals surface area contributed by atoms with Crippen LogP contribution in [0.2, 0.25) is 0 Å². The van der Waals surface area contributed by atoms with Crippen LogP contribution in [0.15, 0.2) is 23.1 Å². The van der Waals surface area contributed by atoms with Crippen LogP contribution >= 0.6 is 0 Å². The Morgan fingerprint density at radius 3 is 3.00 bits per heavy atom. The lowest BCUT2D eigenvalue weighted by atomic mass is 9.93. The van der Waals surface area contributed by atoms with Gasteiger partial charge in [-0.2, -0.15) is 0 Å². The van der Waals surface area contributed by atoms with Gasteiger partial charge >= 0.3 is 0 Å². The molecular weight excluding hydrogens is 127 g/mol. The predicted octanol–water partition coefficient (Wildman–Crippen LogP) is -1.12. The standard InChI is InChI=1S/C6H11BN2O/c1-10-5-2-4(7)3-9-6(5)8/h2,9H,3,7-8H2,1H3. The largest absolute Gasteiger partial charge is 0.493 e. The third kappa shape index (κ3) is 1.26. The molecule has 10 heavy (non-hydrogen) atoms. The summed E-state index contributed by atoms with van der Waals surface area (Å²) >= 11 is 0. The predicted molar refractivity (Wildman–Crippen MR) is 42.9 cm³/mol. The average Bonchev–Trinajstić information content (AvgIpc) is 1.94. The van der Waals surface area contributed by atoms with E-state index in [1.165, 1.54) is 5.47 Å². The zero-order valence-electron chi connectivity index (χ0n) is 6.27. The van der Waals surface area contributed by atoms with Gasteiger partial charge in [0.05, 0.1) is 7.11 Å². The van der Waals surface area contributed by atoms with Crippen LogP contribution in [0.4, 0.5) is 0 Å². The van der Waals surface area contributed by atoms with Crippen LogP contribution in [0.5, 0.6) is 0 Å². The lowest BCUT2D eigenvalue weighted by Gasteiger charge is -2.15. The van der Waals surface area contributed by atoms with Gasteiger partial charge in [0.1, 0.15) is 13.7 Å². The van der Waals surface area contributed by atoms with E-state index in [0.717, 1.165) is 12.3 Å². The Bertz CT molecular complexity index is 198. The van der Waals surface area contributed by atoms with E-state index in [1.807, 2.05) is 13.9 Å². The second kappa shape index (κ2) is 2.69. The summed E-state index contributed by atoms with van der Waals surface area (Å²) in [5, 5.41) is 3.00. The van der Waals surface area contributed by atoms with E-state index in [0.29, 0.717) is 5.82 Å². The first-order chi connectivity index (χ1) is 4.74. The topological polar surface area (TPSA) is 47.3 Å². The molecule has 1 aliphatic heterocycles. The van der Waals surface area contributed by atoms with Gasteiger partial charge in [0.2, 0.25) is 0 Å². The molecule has 0 aromatic carbocycles. The Kier molecular flexibility index (Phi) is 1.90. The minimum Gasteiger partial charge on any atom is -0.493 e. The lowest BCUT2D eigenvalue weighted by Crippen LogP contribution is -2.28. The number of ether oxygens (including phenoxy) is 1. The highest BCUT2D eigenvalue weighted by atomic mass is 16.5. The summed E-state index contributed by atoms with van der Waals surface area (Å²) in [5.74, 6) is 1.34. The van der Waals surface area contributed by atoms with Crippen molar-refractivity contribution in [2.24, 2.45) is 5.73 Å². The normalized spacial score (nSPS) is 17.9. The number of allylic oxidation sites excluding steroid dienone is 1. The molecule has 4 heteroatoms. The highest BCUT2D eigenvalue weighted by Crippen LogP contribution is 2.07. The van der Waals surface area contributed by atoms with Gasteiger partial charge in [0.25, 0.3) is 0 Å². The fourth-order valence-corrected chi connectivity index (χ4v) is 0.843. The average molecular weight is 138 g/mol. The van der Waals surface area contributed by atoms with Gasteiger partial charge in [-0.05, 0) is 6.08 Å². The van der Waals surface area contributed by atoms with E-state index in [1.54, 1.807) is 7.11 Å². The zero-order valence-corrected chi connectivity index (χ0v) is 6.27. The number of hydrogen-bond donors (Lipinski definition) is 2. The maximum Gasteiger partial charge on any atom is 0.157 e. The van der Waals surface area contributed by atoms with Crippen LogP contribution in [0.3, 0.4) is 0 Å². The van der Waals surface area contributed by atoms with Crippen LogP contribution in [0, 0.1) is 0 Å². The molecule has 0 aromatic heterocycles. The molecule has 3 nitrogen and oxygen atoms in total. The Labute approximate surface area is 61.3 Å². The van der Waals surface area contributed by atoms with Crippen molar-refractivity contribution in [3.05, 3.63) is 23.1 Å². The van der Waals surface area contributed by atoms with Crippen molar-refractivity contribution in [2.45, 2.75) is 0 Å². The number of dihydropyridines is 1. The second-order valence-corrected chi connectivity index (χ2v) is 2.33. The summed E-state index contributed by atoms with van der Waals surface area (Å²) in [6.45, 7) is 0.818. The first kappa shape index (κ1) is 7.06. The van der Waals surface area contributed by atoms with E-state index < -0.39 is 0 Å². The molecule has 0 spiro atoms. The third-order valence-electron chi connectivity index (χ3n) is 1.42. The maximum absolute atomic E-state index is 5.55. The number of rotatable bonds is 1. The minimum atomic E-state index is 0.619. The first-order valence-electron chi connectivity index (χ1n) is 3.19. The van der Waals surface area contributed by atoms with Gasteiger partial charge in [-0.3, -0.25) is 0 Å². The van der Waals surface area contributed by atoms with Gasteiger partial charge in [0, 0.05) is 6.54 Å². The van der Waals surface area contributed by atoms with Crippen LogP contribution in [0.1, 0.15) is 0 Å². The molecule has 54 valence electrons. The van der Waals surface area contributed by atoms with Crippen molar-refractivity contribution in [1.29, 1.82) is 0 Å². The molecule has 0 unspecified atom stereocenters. The van der Waals surface area contributed by atoms with Crippen molar-refractivity contribution >= 4 is 7.85 Å². The molecule has 1 aliphatic rings. The lowest BCUT2D eigenvalue weighted by molar-refractivity contribution is 0.296. The molecule has 0 aromatic rings. The fraction of sp³-hybridized carbons (Fsp3) is 0.333. The van der Waals surface area contributed by atoms with E-state index in [4.69, 9.17) is 10.5 Å². The van der Waals surface area contributed by atoms with Gasteiger partial charge in [-0.15, -0.1) is 0 Å². The van der Waals surface area contributed by atoms with Crippen LogP contribution in [-0.2, 0) is 4.74 Å². The SMILES string of the molecule is BC1=CC(OC)=C(N)NC1. The summed E-state index contributed by atoms with van der Waals surface area (Å²) < 4.78 is 4.99. The second-order valence-electron chi connectivity index (χ2n) is 2.33. The van der Waals surface area contributed by atoms with Crippen LogP contribution in [-0.4, -0.2) is 21.5 Å². The van der Waals surface area contributed by atoms with E-state index >= 15 is 0 Å². The molecule has 0 aliphatic carbocycles. The summed E-state index contributed by atoms with van der Waals surface area (Å²) in [6, 6.07) is 0.